The van der Waals surface area contributed by atoms with E-state index in [1.165, 1.54) is 0 Å². The maximum atomic E-state index is 12.3. The number of Topliss-reactive ketones (excluding diaryl/α,β-unsaturated/α-hetero) is 1. The van der Waals surface area contributed by atoms with Crippen molar-refractivity contribution in [3.05, 3.63) is 46.7 Å². The zero-order valence-electron chi connectivity index (χ0n) is 10.4. The summed E-state index contributed by atoms with van der Waals surface area (Å²) in [5.74, 6) is -0.281. The normalized spacial score (nSPS) is 16.7. The first-order valence-corrected chi connectivity index (χ1v) is 6.18. The Morgan fingerprint density at radius 3 is 2.42 bits per heavy atom. The minimum Gasteiger partial charge on any atom is -0.387 e. The van der Waals surface area contributed by atoms with E-state index in [1.807, 2.05) is 12.1 Å². The Hall–Kier alpha value is -2.59. The molecule has 4 nitrogen and oxygen atoms in total. The lowest BCUT2D eigenvalue weighted by Crippen LogP contribution is -2.23. The predicted octanol–water partition coefficient (Wildman–Crippen LogP) is 2.29. The van der Waals surface area contributed by atoms with Gasteiger partial charge in [-0.1, -0.05) is 0 Å². The molecule has 2 rings (SSSR count). The van der Waals surface area contributed by atoms with E-state index in [9.17, 15) is 10.1 Å². The highest BCUT2D eigenvalue weighted by molar-refractivity contribution is 6.11. The first kappa shape index (κ1) is 12.9. The quantitative estimate of drug-likeness (QED) is 0.497. The van der Waals surface area contributed by atoms with Gasteiger partial charge in [-0.25, -0.2) is 0 Å². The summed E-state index contributed by atoms with van der Waals surface area (Å²) in [5.41, 5.74) is 1.86. The molecule has 1 aromatic rings. The van der Waals surface area contributed by atoms with Gasteiger partial charge in [0.25, 0.3) is 0 Å². The molecule has 0 spiro atoms. The molecule has 1 aliphatic rings. The predicted molar refractivity (Wildman–Crippen MR) is 70.0 cm³/mol. The molecule has 0 atom stereocenters. The van der Waals surface area contributed by atoms with Crippen molar-refractivity contribution < 1.29 is 4.79 Å². The third kappa shape index (κ3) is 2.81. The second-order valence-electron chi connectivity index (χ2n) is 4.37. The van der Waals surface area contributed by atoms with Gasteiger partial charge in [-0.2, -0.15) is 10.5 Å². The molecule has 1 aromatic carbocycles. The smallest absolute Gasteiger partial charge is 0.205 e. The lowest BCUT2D eigenvalue weighted by atomic mass is 9.98. The van der Waals surface area contributed by atoms with E-state index in [-0.39, 0.29) is 11.4 Å². The average Bonchev–Trinajstić information content (AvgIpc) is 2.49. The summed E-state index contributed by atoms with van der Waals surface area (Å²) in [5, 5.41) is 21.0. The molecule has 0 radical (unpaired) electrons. The van der Waals surface area contributed by atoms with Crippen LogP contribution in [-0.4, -0.2) is 12.3 Å². The summed E-state index contributed by atoms with van der Waals surface area (Å²) >= 11 is 0. The number of carbonyl (C=O) groups excluding carboxylic acids is 1. The van der Waals surface area contributed by atoms with Gasteiger partial charge in [0, 0.05) is 17.8 Å². The van der Waals surface area contributed by atoms with Crippen LogP contribution in [0.2, 0.25) is 0 Å². The standard InChI is InChI=1S/C15H13N3O/c16-9-11-4-6-12(7-5-11)15(19)13(10-17)14-3-1-2-8-18-14/h4-7,18H,1-3,8H2/b14-13+. The van der Waals surface area contributed by atoms with Crippen molar-refractivity contribution in [2.45, 2.75) is 19.3 Å². The molecule has 1 aliphatic heterocycles. The van der Waals surface area contributed by atoms with E-state index >= 15 is 0 Å². The van der Waals surface area contributed by atoms with Crippen LogP contribution in [0.5, 0.6) is 0 Å². The van der Waals surface area contributed by atoms with Gasteiger partial charge >= 0.3 is 0 Å². The van der Waals surface area contributed by atoms with Crippen molar-refractivity contribution in [2.75, 3.05) is 6.54 Å². The molecule has 1 fully saturated rings. The number of nitrogens with zero attached hydrogens (tertiary/aromatic N) is 2. The molecule has 19 heavy (non-hydrogen) atoms. The lowest BCUT2D eigenvalue weighted by molar-refractivity contribution is 0.103. The molecule has 0 aliphatic carbocycles. The van der Waals surface area contributed by atoms with Gasteiger partial charge in [0.05, 0.1) is 11.6 Å². The minimum absolute atomic E-state index is 0.185. The largest absolute Gasteiger partial charge is 0.387 e. The Morgan fingerprint density at radius 2 is 1.89 bits per heavy atom. The van der Waals surface area contributed by atoms with Gasteiger partial charge in [0.1, 0.15) is 11.6 Å². The van der Waals surface area contributed by atoms with Crippen LogP contribution in [0.15, 0.2) is 35.5 Å². The maximum Gasteiger partial charge on any atom is 0.205 e. The summed E-state index contributed by atoms with van der Waals surface area (Å²) < 4.78 is 0. The van der Waals surface area contributed by atoms with Gasteiger partial charge in [-0.3, -0.25) is 4.79 Å². The fraction of sp³-hybridized carbons (Fsp3) is 0.267. The molecule has 1 heterocycles. The van der Waals surface area contributed by atoms with E-state index in [1.54, 1.807) is 24.3 Å². The van der Waals surface area contributed by atoms with Gasteiger partial charge < -0.3 is 5.32 Å². The summed E-state index contributed by atoms with van der Waals surface area (Å²) in [7, 11) is 0. The maximum absolute atomic E-state index is 12.3. The van der Waals surface area contributed by atoms with Crippen molar-refractivity contribution in [1.29, 1.82) is 10.5 Å². The monoisotopic (exact) mass is 251 g/mol. The molecule has 0 saturated carbocycles. The van der Waals surface area contributed by atoms with Crippen LogP contribution in [0.1, 0.15) is 35.2 Å². The van der Waals surface area contributed by atoms with Crippen molar-refractivity contribution in [3.63, 3.8) is 0 Å². The number of hydrogen-bond donors (Lipinski definition) is 1. The van der Waals surface area contributed by atoms with E-state index in [0.717, 1.165) is 31.5 Å². The van der Waals surface area contributed by atoms with Crippen LogP contribution >= 0.6 is 0 Å². The molecule has 1 N–H and O–H groups in total. The topological polar surface area (TPSA) is 76.7 Å². The van der Waals surface area contributed by atoms with Gasteiger partial charge in [-0.15, -0.1) is 0 Å². The summed E-state index contributed by atoms with van der Waals surface area (Å²) in [4.78, 5) is 12.3. The highest BCUT2D eigenvalue weighted by Gasteiger charge is 2.18. The average molecular weight is 251 g/mol. The first-order valence-electron chi connectivity index (χ1n) is 6.18. The number of nitriles is 2. The molecule has 94 valence electrons. The number of carbonyl (C=O) groups is 1. The van der Waals surface area contributed by atoms with E-state index in [4.69, 9.17) is 5.26 Å². The summed E-state index contributed by atoms with van der Waals surface area (Å²) in [6.07, 6.45) is 2.80. The van der Waals surface area contributed by atoms with E-state index in [0.29, 0.717) is 11.1 Å². The van der Waals surface area contributed by atoms with Crippen LogP contribution in [0.25, 0.3) is 0 Å². The molecule has 0 aromatic heterocycles. The van der Waals surface area contributed by atoms with Gasteiger partial charge in [-0.05, 0) is 43.5 Å². The van der Waals surface area contributed by atoms with Crippen LogP contribution in [0.3, 0.4) is 0 Å². The Labute approximate surface area is 112 Å². The van der Waals surface area contributed by atoms with Crippen molar-refractivity contribution >= 4 is 5.78 Å². The van der Waals surface area contributed by atoms with Crippen molar-refractivity contribution in [1.82, 2.24) is 5.32 Å². The SMILES string of the molecule is N#C/C(C(=O)c1ccc(C#N)cc1)=C1/CCCCN1. The van der Waals surface area contributed by atoms with Crippen LogP contribution < -0.4 is 5.32 Å². The third-order valence-corrected chi connectivity index (χ3v) is 3.11. The minimum atomic E-state index is -0.281. The fourth-order valence-electron chi connectivity index (χ4n) is 2.06. The number of hydrogen-bond acceptors (Lipinski definition) is 4. The first-order chi connectivity index (χ1) is 9.26. The molecular weight excluding hydrogens is 238 g/mol. The van der Waals surface area contributed by atoms with Crippen LogP contribution in [0.4, 0.5) is 0 Å². The number of benzene rings is 1. The molecule has 1 saturated heterocycles. The lowest BCUT2D eigenvalue weighted by Gasteiger charge is -2.17. The second-order valence-corrected chi connectivity index (χ2v) is 4.37. The Bertz CT molecular complexity index is 592. The summed E-state index contributed by atoms with van der Waals surface area (Å²) in [6, 6.07) is 10.3. The molecule has 0 amide bonds. The Morgan fingerprint density at radius 1 is 1.16 bits per heavy atom. The molecule has 0 bridgehead atoms. The molecular formula is C15H13N3O. The van der Waals surface area contributed by atoms with Crippen molar-refractivity contribution in [3.8, 4) is 12.1 Å². The van der Waals surface area contributed by atoms with Crippen LogP contribution in [-0.2, 0) is 0 Å². The Balaban J connectivity index is 2.31. The summed E-state index contributed by atoms with van der Waals surface area (Å²) in [6.45, 7) is 0.807. The number of ketones is 1. The fourth-order valence-corrected chi connectivity index (χ4v) is 2.06. The zero-order chi connectivity index (χ0) is 13.7. The van der Waals surface area contributed by atoms with E-state index < -0.39 is 0 Å². The highest BCUT2D eigenvalue weighted by atomic mass is 16.1. The molecule has 4 heteroatoms. The number of piperidine rings is 1. The highest BCUT2D eigenvalue weighted by Crippen LogP contribution is 2.18. The van der Waals surface area contributed by atoms with Gasteiger partial charge in [0.15, 0.2) is 0 Å². The van der Waals surface area contributed by atoms with Crippen LogP contribution in [0, 0.1) is 22.7 Å². The zero-order valence-corrected chi connectivity index (χ0v) is 10.4. The Kier molecular flexibility index (Phi) is 3.95. The van der Waals surface area contributed by atoms with Gasteiger partial charge in [0.2, 0.25) is 5.78 Å². The number of nitrogens with one attached hydrogen (secondary N) is 1. The third-order valence-electron chi connectivity index (χ3n) is 3.11. The number of allylic oxidation sites excluding steroid dienone is 2. The van der Waals surface area contributed by atoms with E-state index in [2.05, 4.69) is 5.32 Å². The number of rotatable bonds is 2. The second kappa shape index (κ2) is 5.84. The van der Waals surface area contributed by atoms with Crippen molar-refractivity contribution in [2.24, 2.45) is 0 Å². The molecule has 0 unspecified atom stereocenters.